The van der Waals surface area contributed by atoms with E-state index in [-0.39, 0.29) is 5.56 Å². The molecule has 1 rings (SSSR count). The Bertz CT molecular complexity index is 545. The van der Waals surface area contributed by atoms with E-state index in [2.05, 4.69) is 5.92 Å². The molecule has 0 heterocycles. The molecule has 0 aliphatic rings. The van der Waals surface area contributed by atoms with E-state index in [1.54, 1.807) is 5.32 Å². The molecule has 0 saturated heterocycles. The van der Waals surface area contributed by atoms with Gasteiger partial charge in [-0.3, -0.25) is 4.79 Å². The second-order valence-corrected chi connectivity index (χ2v) is 3.90. The fourth-order valence-electron chi connectivity index (χ4n) is 1.33. The van der Waals surface area contributed by atoms with Crippen molar-refractivity contribution >= 4 is 17.5 Å². The van der Waals surface area contributed by atoms with E-state index in [0.717, 1.165) is 18.2 Å². The van der Waals surface area contributed by atoms with E-state index in [1.807, 2.05) is 5.92 Å². The number of benzene rings is 1. The predicted molar refractivity (Wildman–Crippen MR) is 61.8 cm³/mol. The summed E-state index contributed by atoms with van der Waals surface area (Å²) in [6.07, 6.45) is -4.74. The number of rotatable bonds is 2. The van der Waals surface area contributed by atoms with Crippen LogP contribution in [0.5, 0.6) is 0 Å². The predicted octanol–water partition coefficient (Wildman–Crippen LogP) is 3.22. The molecule has 0 fully saturated rings. The molecular formula is C12H8ClF4NO. The lowest BCUT2D eigenvalue weighted by Crippen LogP contribution is -2.37. The standard InChI is InChI=1S/C12H8ClF4NO/c1-2-3-10(19)18-11(12(15,16)17)7-4-5-9(14)8(13)6-7/h4-6,11H,1H3,(H,18,19). The fraction of sp³-hybridized carbons (Fsp3) is 0.250. The molecule has 1 unspecified atom stereocenters. The SMILES string of the molecule is CC#CC(=O)NC(c1ccc(F)c(Cl)c1)C(F)(F)F. The number of hydrogen-bond acceptors (Lipinski definition) is 1. The lowest BCUT2D eigenvalue weighted by molar-refractivity contribution is -0.161. The molecule has 0 saturated carbocycles. The van der Waals surface area contributed by atoms with Crippen molar-refractivity contribution in [3.05, 3.63) is 34.6 Å². The summed E-state index contributed by atoms with van der Waals surface area (Å²) >= 11 is 5.42. The van der Waals surface area contributed by atoms with E-state index >= 15 is 0 Å². The molecule has 102 valence electrons. The highest BCUT2D eigenvalue weighted by Crippen LogP contribution is 2.34. The largest absolute Gasteiger partial charge is 0.412 e. The Morgan fingerprint density at radius 1 is 1.42 bits per heavy atom. The summed E-state index contributed by atoms with van der Waals surface area (Å²) < 4.78 is 51.4. The Balaban J connectivity index is 3.12. The van der Waals surface area contributed by atoms with Gasteiger partial charge < -0.3 is 5.32 Å². The van der Waals surface area contributed by atoms with Crippen LogP contribution in [0.15, 0.2) is 18.2 Å². The minimum Gasteiger partial charge on any atom is -0.330 e. The average molecular weight is 294 g/mol. The molecule has 2 nitrogen and oxygen atoms in total. The zero-order valence-electron chi connectivity index (χ0n) is 9.61. The summed E-state index contributed by atoms with van der Waals surface area (Å²) in [4.78, 5) is 11.1. The van der Waals surface area contributed by atoms with Gasteiger partial charge in [-0.1, -0.05) is 23.6 Å². The van der Waals surface area contributed by atoms with Gasteiger partial charge in [-0.05, 0) is 30.5 Å². The first kappa shape index (κ1) is 15.3. The van der Waals surface area contributed by atoms with Crippen LogP contribution >= 0.6 is 11.6 Å². The van der Waals surface area contributed by atoms with Gasteiger partial charge in [0.1, 0.15) is 5.82 Å². The molecule has 0 aliphatic heterocycles. The number of nitrogens with one attached hydrogen (secondary N) is 1. The van der Waals surface area contributed by atoms with Gasteiger partial charge in [-0.25, -0.2) is 4.39 Å². The summed E-state index contributed by atoms with van der Waals surface area (Å²) in [6.45, 7) is 1.32. The van der Waals surface area contributed by atoms with Gasteiger partial charge in [0, 0.05) is 0 Å². The van der Waals surface area contributed by atoms with Gasteiger partial charge in [0.05, 0.1) is 5.02 Å². The zero-order chi connectivity index (χ0) is 14.6. The molecule has 1 N–H and O–H groups in total. The Morgan fingerprint density at radius 2 is 2.05 bits per heavy atom. The van der Waals surface area contributed by atoms with Crippen LogP contribution in [0, 0.1) is 17.7 Å². The Hall–Kier alpha value is -1.74. The Morgan fingerprint density at radius 3 is 2.53 bits per heavy atom. The van der Waals surface area contributed by atoms with E-state index in [4.69, 9.17) is 11.6 Å². The third-order valence-corrected chi connectivity index (χ3v) is 2.41. The lowest BCUT2D eigenvalue weighted by atomic mass is 10.1. The normalized spacial score (nSPS) is 12.3. The highest BCUT2D eigenvalue weighted by Gasteiger charge is 2.42. The van der Waals surface area contributed by atoms with Crippen LogP contribution in [0.3, 0.4) is 0 Å². The maximum Gasteiger partial charge on any atom is 0.412 e. The van der Waals surface area contributed by atoms with Gasteiger partial charge in [-0.15, -0.1) is 0 Å². The summed E-state index contributed by atoms with van der Waals surface area (Å²) in [5.74, 6) is 2.20. The van der Waals surface area contributed by atoms with Crippen molar-refractivity contribution in [2.45, 2.75) is 19.1 Å². The number of hydrogen-bond donors (Lipinski definition) is 1. The molecule has 1 atom stereocenters. The Kier molecular flexibility index (Phi) is 4.78. The highest BCUT2D eigenvalue weighted by atomic mass is 35.5. The highest BCUT2D eigenvalue weighted by molar-refractivity contribution is 6.30. The molecule has 7 heteroatoms. The second kappa shape index (κ2) is 5.93. The topological polar surface area (TPSA) is 29.1 Å². The molecule has 19 heavy (non-hydrogen) atoms. The van der Waals surface area contributed by atoms with E-state index in [1.165, 1.54) is 6.92 Å². The summed E-state index contributed by atoms with van der Waals surface area (Å²) in [7, 11) is 0. The molecular weight excluding hydrogens is 286 g/mol. The second-order valence-electron chi connectivity index (χ2n) is 3.50. The molecule has 1 aromatic carbocycles. The fourth-order valence-corrected chi connectivity index (χ4v) is 1.52. The smallest absolute Gasteiger partial charge is 0.330 e. The molecule has 1 amide bonds. The number of alkyl halides is 3. The number of amides is 1. The number of carbonyl (C=O) groups excluding carboxylic acids is 1. The van der Waals surface area contributed by atoms with Crippen molar-refractivity contribution in [1.82, 2.24) is 5.32 Å². The van der Waals surface area contributed by atoms with Gasteiger partial charge in [0.15, 0.2) is 6.04 Å². The third-order valence-electron chi connectivity index (χ3n) is 2.12. The summed E-state index contributed by atoms with van der Waals surface area (Å²) in [6, 6.07) is 0.223. The van der Waals surface area contributed by atoms with Crippen LogP contribution in [0.25, 0.3) is 0 Å². The van der Waals surface area contributed by atoms with Crippen molar-refractivity contribution in [3.63, 3.8) is 0 Å². The van der Waals surface area contributed by atoms with Gasteiger partial charge in [0.25, 0.3) is 5.91 Å². The number of carbonyl (C=O) groups is 1. The van der Waals surface area contributed by atoms with Crippen molar-refractivity contribution in [2.24, 2.45) is 0 Å². The first-order valence-corrected chi connectivity index (χ1v) is 5.38. The summed E-state index contributed by atoms with van der Waals surface area (Å²) in [5.41, 5.74) is -0.370. The van der Waals surface area contributed by atoms with Crippen LogP contribution in [0.2, 0.25) is 5.02 Å². The minimum absolute atomic E-state index is 0.370. The molecule has 0 bridgehead atoms. The van der Waals surface area contributed by atoms with Crippen LogP contribution in [-0.2, 0) is 4.79 Å². The quantitative estimate of drug-likeness (QED) is 0.658. The third kappa shape index (κ3) is 4.14. The van der Waals surface area contributed by atoms with Gasteiger partial charge in [0.2, 0.25) is 0 Å². The average Bonchev–Trinajstić information content (AvgIpc) is 2.29. The maximum absolute atomic E-state index is 12.9. The maximum atomic E-state index is 12.9. The van der Waals surface area contributed by atoms with Crippen molar-refractivity contribution in [3.8, 4) is 11.8 Å². The lowest BCUT2D eigenvalue weighted by Gasteiger charge is -2.21. The van der Waals surface area contributed by atoms with E-state index < -0.39 is 29.0 Å². The molecule has 1 aromatic rings. The molecule has 0 radical (unpaired) electrons. The first-order valence-electron chi connectivity index (χ1n) is 5.00. The van der Waals surface area contributed by atoms with Crippen LogP contribution in [0.1, 0.15) is 18.5 Å². The first-order chi connectivity index (χ1) is 8.75. The van der Waals surface area contributed by atoms with Crippen molar-refractivity contribution in [2.75, 3.05) is 0 Å². The van der Waals surface area contributed by atoms with E-state index in [0.29, 0.717) is 0 Å². The zero-order valence-corrected chi connectivity index (χ0v) is 10.4. The van der Waals surface area contributed by atoms with Gasteiger partial charge in [-0.2, -0.15) is 13.2 Å². The van der Waals surface area contributed by atoms with Crippen molar-refractivity contribution in [1.29, 1.82) is 0 Å². The van der Waals surface area contributed by atoms with E-state index in [9.17, 15) is 22.4 Å². The molecule has 0 aliphatic carbocycles. The number of halogens is 5. The molecule has 0 spiro atoms. The van der Waals surface area contributed by atoms with Crippen molar-refractivity contribution < 1.29 is 22.4 Å². The van der Waals surface area contributed by atoms with Crippen LogP contribution < -0.4 is 5.32 Å². The Labute approximate surface area is 111 Å². The molecule has 0 aromatic heterocycles. The van der Waals surface area contributed by atoms with Crippen LogP contribution in [-0.4, -0.2) is 12.1 Å². The summed E-state index contributed by atoms with van der Waals surface area (Å²) in [5, 5.41) is 1.25. The minimum atomic E-state index is -4.74. The monoisotopic (exact) mass is 293 g/mol. The van der Waals surface area contributed by atoms with Gasteiger partial charge >= 0.3 is 6.18 Å². The van der Waals surface area contributed by atoms with Crippen LogP contribution in [0.4, 0.5) is 17.6 Å².